The van der Waals surface area contributed by atoms with Crippen molar-refractivity contribution < 1.29 is 9.18 Å². The Morgan fingerprint density at radius 3 is 2.65 bits per heavy atom. The molecule has 0 unspecified atom stereocenters. The molecular formula is C16H12FN5O. The van der Waals surface area contributed by atoms with E-state index in [1.807, 2.05) is 0 Å². The van der Waals surface area contributed by atoms with Gasteiger partial charge in [-0.3, -0.25) is 14.9 Å². The van der Waals surface area contributed by atoms with Crippen molar-refractivity contribution >= 4 is 12.1 Å². The maximum absolute atomic E-state index is 13.0. The van der Waals surface area contributed by atoms with Crippen LogP contribution in [0.4, 0.5) is 4.39 Å². The summed E-state index contributed by atoms with van der Waals surface area (Å²) >= 11 is 0. The Kier molecular flexibility index (Phi) is 4.19. The van der Waals surface area contributed by atoms with Crippen LogP contribution in [0.1, 0.15) is 15.9 Å². The minimum absolute atomic E-state index is 0.312. The molecule has 1 aromatic carbocycles. The van der Waals surface area contributed by atoms with Crippen molar-refractivity contribution in [3.05, 3.63) is 71.9 Å². The van der Waals surface area contributed by atoms with Gasteiger partial charge in [0.2, 0.25) is 0 Å². The average molecular weight is 309 g/mol. The largest absolute Gasteiger partial charge is 0.277 e. The third kappa shape index (κ3) is 3.46. The van der Waals surface area contributed by atoms with Crippen LogP contribution in [0.3, 0.4) is 0 Å². The van der Waals surface area contributed by atoms with Crippen molar-refractivity contribution in [2.75, 3.05) is 0 Å². The number of pyridine rings is 1. The summed E-state index contributed by atoms with van der Waals surface area (Å²) in [4.78, 5) is 15.7. The summed E-state index contributed by atoms with van der Waals surface area (Å²) in [5, 5.41) is 10.7. The lowest BCUT2D eigenvalue weighted by atomic mass is 10.1. The Morgan fingerprint density at radius 2 is 1.91 bits per heavy atom. The van der Waals surface area contributed by atoms with Crippen LogP contribution in [-0.4, -0.2) is 27.3 Å². The van der Waals surface area contributed by atoms with Gasteiger partial charge in [-0.25, -0.2) is 9.82 Å². The summed E-state index contributed by atoms with van der Waals surface area (Å²) in [7, 11) is 0. The van der Waals surface area contributed by atoms with Crippen LogP contribution < -0.4 is 5.43 Å². The molecule has 3 rings (SSSR count). The molecule has 0 aliphatic carbocycles. The second-order valence-corrected chi connectivity index (χ2v) is 4.64. The minimum Gasteiger partial charge on any atom is -0.277 e. The van der Waals surface area contributed by atoms with E-state index in [1.165, 1.54) is 30.7 Å². The zero-order valence-corrected chi connectivity index (χ0v) is 11.9. The van der Waals surface area contributed by atoms with E-state index in [4.69, 9.17) is 0 Å². The summed E-state index contributed by atoms with van der Waals surface area (Å²) in [6.07, 6.45) is 6.10. The molecular weight excluding hydrogens is 297 g/mol. The maximum atomic E-state index is 13.0. The van der Waals surface area contributed by atoms with Crippen molar-refractivity contribution in [1.82, 2.24) is 20.6 Å². The van der Waals surface area contributed by atoms with Crippen LogP contribution in [0.25, 0.3) is 11.3 Å². The SMILES string of the molecule is O=C(N/N=C/c1cn[nH]c1-c1ccc(F)cc1)c1ccncc1. The van der Waals surface area contributed by atoms with E-state index in [0.29, 0.717) is 16.8 Å². The Morgan fingerprint density at radius 1 is 1.17 bits per heavy atom. The number of aromatic nitrogens is 3. The molecule has 0 aliphatic rings. The van der Waals surface area contributed by atoms with Crippen molar-refractivity contribution in [1.29, 1.82) is 0 Å². The van der Waals surface area contributed by atoms with Gasteiger partial charge in [-0.1, -0.05) is 0 Å². The standard InChI is InChI=1S/C16H12FN5O/c17-14-3-1-11(2-4-14)15-13(9-19-21-15)10-20-22-16(23)12-5-7-18-8-6-12/h1-10H,(H,19,21)(H,22,23)/b20-10+. The third-order valence-electron chi connectivity index (χ3n) is 3.11. The fraction of sp³-hybridized carbons (Fsp3) is 0. The number of halogens is 1. The Bertz CT molecular complexity index is 827. The molecule has 2 aromatic heterocycles. The number of hydrogen-bond donors (Lipinski definition) is 2. The molecule has 23 heavy (non-hydrogen) atoms. The molecule has 2 N–H and O–H groups in total. The molecule has 114 valence electrons. The van der Waals surface area contributed by atoms with E-state index in [9.17, 15) is 9.18 Å². The van der Waals surface area contributed by atoms with Gasteiger partial charge in [0, 0.05) is 29.1 Å². The van der Waals surface area contributed by atoms with Crippen LogP contribution in [0.15, 0.2) is 60.1 Å². The first kappa shape index (κ1) is 14.6. The molecule has 6 nitrogen and oxygen atoms in total. The highest BCUT2D eigenvalue weighted by Crippen LogP contribution is 2.19. The molecule has 0 bridgehead atoms. The summed E-state index contributed by atoms with van der Waals surface area (Å²) < 4.78 is 13.0. The van der Waals surface area contributed by atoms with Crippen LogP contribution in [0, 0.1) is 5.82 Å². The van der Waals surface area contributed by atoms with Gasteiger partial charge in [0.05, 0.1) is 18.1 Å². The Labute approximate surface area is 131 Å². The maximum Gasteiger partial charge on any atom is 0.271 e. The number of hydrazone groups is 1. The monoisotopic (exact) mass is 309 g/mol. The van der Waals surface area contributed by atoms with Crippen molar-refractivity contribution in [3.63, 3.8) is 0 Å². The summed E-state index contributed by atoms with van der Waals surface area (Å²) in [6.45, 7) is 0. The average Bonchev–Trinajstić information content (AvgIpc) is 3.05. The number of benzene rings is 1. The summed E-state index contributed by atoms with van der Waals surface area (Å²) in [5.74, 6) is -0.649. The van der Waals surface area contributed by atoms with Gasteiger partial charge in [0.15, 0.2) is 0 Å². The Hall–Kier alpha value is -3.35. The van der Waals surface area contributed by atoms with E-state index in [2.05, 4.69) is 25.7 Å². The molecule has 0 saturated carbocycles. The number of carbonyl (C=O) groups is 1. The second kappa shape index (κ2) is 6.61. The number of carbonyl (C=O) groups excluding carboxylic acids is 1. The lowest BCUT2D eigenvalue weighted by Crippen LogP contribution is -2.17. The number of rotatable bonds is 4. The van der Waals surface area contributed by atoms with Gasteiger partial charge in [-0.2, -0.15) is 10.2 Å². The molecule has 0 spiro atoms. The van der Waals surface area contributed by atoms with E-state index in [0.717, 1.165) is 5.56 Å². The van der Waals surface area contributed by atoms with E-state index in [-0.39, 0.29) is 11.7 Å². The molecule has 0 saturated heterocycles. The third-order valence-corrected chi connectivity index (χ3v) is 3.11. The molecule has 3 aromatic rings. The van der Waals surface area contributed by atoms with Gasteiger partial charge in [0.1, 0.15) is 5.82 Å². The van der Waals surface area contributed by atoms with Crippen LogP contribution in [0.5, 0.6) is 0 Å². The second-order valence-electron chi connectivity index (χ2n) is 4.64. The first-order valence-electron chi connectivity index (χ1n) is 6.77. The Balaban J connectivity index is 1.73. The molecule has 2 heterocycles. The van der Waals surface area contributed by atoms with Crippen molar-refractivity contribution in [3.8, 4) is 11.3 Å². The van der Waals surface area contributed by atoms with Gasteiger partial charge >= 0.3 is 0 Å². The highest BCUT2D eigenvalue weighted by Gasteiger charge is 2.07. The zero-order valence-electron chi connectivity index (χ0n) is 11.9. The fourth-order valence-electron chi connectivity index (χ4n) is 1.97. The molecule has 7 heteroatoms. The number of amides is 1. The van der Waals surface area contributed by atoms with Crippen LogP contribution in [0.2, 0.25) is 0 Å². The van der Waals surface area contributed by atoms with Crippen LogP contribution >= 0.6 is 0 Å². The van der Waals surface area contributed by atoms with E-state index in [1.54, 1.807) is 30.5 Å². The molecule has 0 radical (unpaired) electrons. The number of hydrogen-bond acceptors (Lipinski definition) is 4. The van der Waals surface area contributed by atoms with Gasteiger partial charge < -0.3 is 0 Å². The lowest BCUT2D eigenvalue weighted by molar-refractivity contribution is 0.0955. The summed E-state index contributed by atoms with van der Waals surface area (Å²) in [6, 6.07) is 9.18. The predicted molar refractivity (Wildman–Crippen MR) is 83.3 cm³/mol. The smallest absolute Gasteiger partial charge is 0.271 e. The predicted octanol–water partition coefficient (Wildman–Crippen LogP) is 2.37. The summed E-state index contributed by atoms with van der Waals surface area (Å²) in [5.41, 5.74) is 5.02. The molecule has 1 amide bonds. The number of nitrogens with one attached hydrogen (secondary N) is 2. The van der Waals surface area contributed by atoms with Crippen molar-refractivity contribution in [2.24, 2.45) is 5.10 Å². The first-order chi connectivity index (χ1) is 11.2. The minimum atomic E-state index is -0.338. The highest BCUT2D eigenvalue weighted by molar-refractivity contribution is 5.95. The van der Waals surface area contributed by atoms with Gasteiger partial charge in [-0.05, 0) is 36.4 Å². The number of aromatic amines is 1. The van der Waals surface area contributed by atoms with Crippen molar-refractivity contribution in [2.45, 2.75) is 0 Å². The number of nitrogens with zero attached hydrogens (tertiary/aromatic N) is 3. The normalized spacial score (nSPS) is 10.8. The quantitative estimate of drug-likeness (QED) is 0.573. The van der Waals surface area contributed by atoms with Crippen LogP contribution in [-0.2, 0) is 0 Å². The topological polar surface area (TPSA) is 83.0 Å². The molecule has 0 aliphatic heterocycles. The molecule has 0 fully saturated rings. The lowest BCUT2D eigenvalue weighted by Gasteiger charge is -2.00. The fourth-order valence-corrected chi connectivity index (χ4v) is 1.97. The van der Waals surface area contributed by atoms with E-state index < -0.39 is 0 Å². The van der Waals surface area contributed by atoms with Gasteiger partial charge in [0.25, 0.3) is 5.91 Å². The van der Waals surface area contributed by atoms with Gasteiger partial charge in [-0.15, -0.1) is 0 Å². The highest BCUT2D eigenvalue weighted by atomic mass is 19.1. The molecule has 0 atom stereocenters. The zero-order chi connectivity index (χ0) is 16.1. The number of H-pyrrole nitrogens is 1. The first-order valence-corrected chi connectivity index (χ1v) is 6.77. The van der Waals surface area contributed by atoms with E-state index >= 15 is 0 Å².